The molecule has 0 aliphatic rings. The van der Waals surface area contributed by atoms with Crippen LogP contribution >= 0.6 is 11.8 Å². The van der Waals surface area contributed by atoms with Gasteiger partial charge < -0.3 is 5.32 Å². The zero-order valence-electron chi connectivity index (χ0n) is 13.7. The number of halogens is 3. The predicted molar refractivity (Wildman–Crippen MR) is 88.3 cm³/mol. The highest BCUT2D eigenvalue weighted by atomic mass is 32.2. The fourth-order valence-corrected chi connectivity index (χ4v) is 2.64. The summed E-state index contributed by atoms with van der Waals surface area (Å²) in [7, 11) is 0. The molecule has 1 aromatic carbocycles. The largest absolute Gasteiger partial charge is 0.446 e. The fraction of sp³-hybridized carbons (Fsp3) is 0.375. The Morgan fingerprint density at radius 3 is 2.25 bits per heavy atom. The van der Waals surface area contributed by atoms with Crippen molar-refractivity contribution >= 4 is 23.5 Å². The minimum Gasteiger partial charge on any atom is -0.307 e. The van der Waals surface area contributed by atoms with Crippen molar-refractivity contribution in [3.05, 3.63) is 41.6 Å². The van der Waals surface area contributed by atoms with Crippen LogP contribution in [0.5, 0.6) is 0 Å². The van der Waals surface area contributed by atoms with Crippen molar-refractivity contribution in [2.75, 3.05) is 5.32 Å². The first-order valence-electron chi connectivity index (χ1n) is 7.20. The van der Waals surface area contributed by atoms with Crippen molar-refractivity contribution in [1.29, 1.82) is 0 Å². The minimum absolute atomic E-state index is 0.0367. The highest BCUT2D eigenvalue weighted by Gasteiger charge is 2.29. The first kappa shape index (κ1) is 18.4. The average Bonchev–Trinajstić information content (AvgIpc) is 2.78. The van der Waals surface area contributed by atoms with Crippen LogP contribution in [0.2, 0.25) is 0 Å². The second kappa shape index (κ2) is 6.51. The number of alkyl halides is 3. The van der Waals surface area contributed by atoms with Gasteiger partial charge in [-0.1, -0.05) is 0 Å². The molecule has 0 saturated carbocycles. The number of aryl methyl sites for hydroxylation is 1. The Morgan fingerprint density at radius 1 is 1.17 bits per heavy atom. The van der Waals surface area contributed by atoms with E-state index in [1.807, 2.05) is 27.7 Å². The Kier molecular flexibility index (Phi) is 4.98. The maximum absolute atomic E-state index is 12.3. The van der Waals surface area contributed by atoms with Crippen molar-refractivity contribution < 1.29 is 18.0 Å². The van der Waals surface area contributed by atoms with Crippen molar-refractivity contribution in [3.63, 3.8) is 0 Å². The van der Waals surface area contributed by atoms with E-state index in [4.69, 9.17) is 0 Å². The van der Waals surface area contributed by atoms with E-state index in [1.54, 1.807) is 10.7 Å². The molecule has 8 heteroatoms. The molecule has 1 heterocycles. The molecule has 0 unspecified atom stereocenters. The van der Waals surface area contributed by atoms with E-state index in [-0.39, 0.29) is 27.8 Å². The topological polar surface area (TPSA) is 46.9 Å². The number of nitrogens with zero attached hydrogens (tertiary/aromatic N) is 2. The van der Waals surface area contributed by atoms with Crippen LogP contribution in [0.15, 0.2) is 35.2 Å². The van der Waals surface area contributed by atoms with E-state index < -0.39 is 11.4 Å². The lowest BCUT2D eigenvalue weighted by atomic mass is 10.1. The summed E-state index contributed by atoms with van der Waals surface area (Å²) >= 11 is -0.212. The lowest BCUT2D eigenvalue weighted by molar-refractivity contribution is -0.0328. The molecule has 1 N–H and O–H groups in total. The molecule has 0 bridgehead atoms. The Morgan fingerprint density at radius 2 is 1.75 bits per heavy atom. The number of hydrogen-bond acceptors (Lipinski definition) is 3. The second-order valence-electron chi connectivity index (χ2n) is 6.28. The van der Waals surface area contributed by atoms with Gasteiger partial charge in [-0.2, -0.15) is 18.3 Å². The van der Waals surface area contributed by atoms with Crippen molar-refractivity contribution in [3.8, 4) is 0 Å². The molecule has 24 heavy (non-hydrogen) atoms. The average molecular weight is 357 g/mol. The van der Waals surface area contributed by atoms with Gasteiger partial charge in [-0.3, -0.25) is 4.79 Å². The van der Waals surface area contributed by atoms with Crippen LogP contribution in [0.25, 0.3) is 0 Å². The molecule has 2 rings (SSSR count). The SMILES string of the molecule is Cc1cc(NC(=O)c2ccc(SC(F)(F)F)cc2)n(C(C)(C)C)n1. The van der Waals surface area contributed by atoms with E-state index in [2.05, 4.69) is 10.4 Å². The molecule has 1 amide bonds. The molecule has 2 aromatic rings. The molecule has 0 radical (unpaired) electrons. The normalized spacial score (nSPS) is 12.3. The number of thioether (sulfide) groups is 1. The predicted octanol–water partition coefficient (Wildman–Crippen LogP) is 4.81. The Labute approximate surface area is 142 Å². The summed E-state index contributed by atoms with van der Waals surface area (Å²) in [6.07, 6.45) is 0. The van der Waals surface area contributed by atoms with Gasteiger partial charge in [0.25, 0.3) is 5.91 Å². The first-order valence-corrected chi connectivity index (χ1v) is 8.02. The number of nitrogens with one attached hydrogen (secondary N) is 1. The van der Waals surface area contributed by atoms with Gasteiger partial charge in [0.1, 0.15) is 5.82 Å². The van der Waals surface area contributed by atoms with Gasteiger partial charge in [0, 0.05) is 16.5 Å². The molecule has 0 fully saturated rings. The van der Waals surface area contributed by atoms with Gasteiger partial charge in [-0.25, -0.2) is 4.68 Å². The maximum Gasteiger partial charge on any atom is 0.446 e. The van der Waals surface area contributed by atoms with E-state index in [1.165, 1.54) is 24.3 Å². The molecule has 0 atom stereocenters. The van der Waals surface area contributed by atoms with E-state index in [0.717, 1.165) is 5.69 Å². The highest BCUT2D eigenvalue weighted by molar-refractivity contribution is 8.00. The van der Waals surface area contributed by atoms with Gasteiger partial charge in [0.05, 0.1) is 11.2 Å². The monoisotopic (exact) mass is 357 g/mol. The van der Waals surface area contributed by atoms with Gasteiger partial charge >= 0.3 is 5.51 Å². The van der Waals surface area contributed by atoms with E-state index >= 15 is 0 Å². The number of anilines is 1. The summed E-state index contributed by atoms with van der Waals surface area (Å²) in [6, 6.07) is 7.04. The third-order valence-corrected chi connectivity index (χ3v) is 3.80. The zero-order chi connectivity index (χ0) is 18.1. The van der Waals surface area contributed by atoms with Crippen LogP contribution in [0, 0.1) is 6.92 Å². The number of rotatable bonds is 3. The molecule has 1 aromatic heterocycles. The molecule has 0 saturated heterocycles. The van der Waals surface area contributed by atoms with E-state index in [9.17, 15) is 18.0 Å². The first-order chi connectivity index (χ1) is 11.0. The van der Waals surface area contributed by atoms with Gasteiger partial charge in [0.2, 0.25) is 0 Å². The highest BCUT2D eigenvalue weighted by Crippen LogP contribution is 2.36. The lowest BCUT2D eigenvalue weighted by Crippen LogP contribution is -2.26. The summed E-state index contributed by atoms with van der Waals surface area (Å²) in [5.41, 5.74) is -3.62. The molecule has 0 aliphatic heterocycles. The summed E-state index contributed by atoms with van der Waals surface area (Å²) in [4.78, 5) is 12.4. The summed E-state index contributed by atoms with van der Waals surface area (Å²) in [5, 5.41) is 7.11. The standard InChI is InChI=1S/C16H18F3N3OS/c1-10-9-13(22(21-10)15(2,3)4)20-14(23)11-5-7-12(8-6-11)24-16(17,18)19/h5-9H,1-4H3,(H,20,23). The van der Waals surface area contributed by atoms with Crippen LogP contribution in [-0.4, -0.2) is 21.2 Å². The number of amides is 1. The third-order valence-electron chi connectivity index (χ3n) is 3.06. The van der Waals surface area contributed by atoms with Crippen molar-refractivity contribution in [1.82, 2.24) is 9.78 Å². The van der Waals surface area contributed by atoms with Crippen molar-refractivity contribution in [2.45, 2.75) is 43.6 Å². The Balaban J connectivity index is 2.16. The zero-order valence-corrected chi connectivity index (χ0v) is 14.5. The minimum atomic E-state index is -4.35. The second-order valence-corrected chi connectivity index (χ2v) is 7.42. The summed E-state index contributed by atoms with van der Waals surface area (Å²) < 4.78 is 38.7. The number of benzene rings is 1. The molecule has 0 spiro atoms. The Bertz CT molecular complexity index is 731. The van der Waals surface area contributed by atoms with Crippen LogP contribution < -0.4 is 5.32 Å². The maximum atomic E-state index is 12.3. The molecule has 4 nitrogen and oxygen atoms in total. The number of carbonyl (C=O) groups is 1. The van der Waals surface area contributed by atoms with Gasteiger partial charge in [-0.15, -0.1) is 0 Å². The quantitative estimate of drug-likeness (QED) is 0.802. The molecular formula is C16H18F3N3OS. The third kappa shape index (κ3) is 4.77. The number of hydrogen-bond donors (Lipinski definition) is 1. The molecule has 130 valence electrons. The van der Waals surface area contributed by atoms with Crippen LogP contribution in [0.3, 0.4) is 0 Å². The van der Waals surface area contributed by atoms with Crippen molar-refractivity contribution in [2.24, 2.45) is 0 Å². The summed E-state index contributed by atoms with van der Waals surface area (Å²) in [5.74, 6) is 0.141. The lowest BCUT2D eigenvalue weighted by Gasteiger charge is -2.22. The van der Waals surface area contributed by atoms with E-state index in [0.29, 0.717) is 5.82 Å². The van der Waals surface area contributed by atoms with Crippen LogP contribution in [-0.2, 0) is 5.54 Å². The molecule has 0 aliphatic carbocycles. The fourth-order valence-electron chi connectivity index (χ4n) is 2.10. The number of carbonyl (C=O) groups excluding carboxylic acids is 1. The van der Waals surface area contributed by atoms with Gasteiger partial charge in [-0.05, 0) is 63.7 Å². The van der Waals surface area contributed by atoms with Crippen LogP contribution in [0.1, 0.15) is 36.8 Å². The number of aromatic nitrogens is 2. The van der Waals surface area contributed by atoms with Crippen LogP contribution in [0.4, 0.5) is 19.0 Å². The Hall–Kier alpha value is -1.96. The smallest absolute Gasteiger partial charge is 0.307 e. The molecular weight excluding hydrogens is 339 g/mol. The summed E-state index contributed by atoms with van der Waals surface area (Å²) in [6.45, 7) is 7.69. The van der Waals surface area contributed by atoms with Gasteiger partial charge in [0.15, 0.2) is 0 Å².